The molecule has 0 saturated carbocycles. The molecule has 0 radical (unpaired) electrons. The van der Waals surface area contributed by atoms with Gasteiger partial charge >= 0.3 is 5.63 Å². The van der Waals surface area contributed by atoms with E-state index in [1.165, 1.54) is 6.07 Å². The van der Waals surface area contributed by atoms with Crippen LogP contribution in [0.1, 0.15) is 46.5 Å². The Morgan fingerprint density at radius 2 is 1.75 bits per heavy atom. The van der Waals surface area contributed by atoms with Gasteiger partial charge in [0.05, 0.1) is 0 Å². The minimum absolute atomic E-state index is 0.0387. The second-order valence-corrected chi connectivity index (χ2v) is 6.65. The minimum atomic E-state index is -0.673. The van der Waals surface area contributed by atoms with E-state index < -0.39 is 11.5 Å². The van der Waals surface area contributed by atoms with Crippen LogP contribution < -0.4 is 16.3 Å². The lowest BCUT2D eigenvalue weighted by Gasteiger charge is -2.11. The zero-order chi connectivity index (χ0) is 20.1. The van der Waals surface area contributed by atoms with E-state index in [9.17, 15) is 14.4 Å². The van der Waals surface area contributed by atoms with E-state index in [-0.39, 0.29) is 24.1 Å². The van der Waals surface area contributed by atoms with Crippen LogP contribution in [0, 0.1) is 0 Å². The number of hydrogen-bond acceptors (Lipinski definition) is 4. The van der Waals surface area contributed by atoms with Gasteiger partial charge in [-0.2, -0.15) is 0 Å². The minimum Gasteiger partial charge on any atom is -0.422 e. The van der Waals surface area contributed by atoms with Crippen LogP contribution in [0.2, 0.25) is 0 Å². The number of fused-ring (bicyclic) bond motifs is 1. The zero-order valence-electron chi connectivity index (χ0n) is 15.8. The van der Waals surface area contributed by atoms with Crippen molar-refractivity contribution in [3.8, 4) is 0 Å². The van der Waals surface area contributed by atoms with Gasteiger partial charge in [-0.3, -0.25) is 9.59 Å². The van der Waals surface area contributed by atoms with Crippen molar-refractivity contribution in [1.29, 1.82) is 0 Å². The molecule has 6 heteroatoms. The van der Waals surface area contributed by atoms with Gasteiger partial charge in [-0.1, -0.05) is 37.3 Å². The number of rotatable bonds is 6. The molecular weight excluding hydrogens is 356 g/mol. The summed E-state index contributed by atoms with van der Waals surface area (Å²) < 4.78 is 5.19. The van der Waals surface area contributed by atoms with Gasteiger partial charge in [0.15, 0.2) is 0 Å². The van der Waals surface area contributed by atoms with Gasteiger partial charge in [0.1, 0.15) is 11.1 Å². The predicted molar refractivity (Wildman–Crippen MR) is 107 cm³/mol. The molecule has 0 fully saturated rings. The second-order valence-electron chi connectivity index (χ2n) is 6.65. The molecule has 0 bridgehead atoms. The molecule has 1 aromatic heterocycles. The van der Waals surface area contributed by atoms with Crippen LogP contribution in [0.3, 0.4) is 0 Å². The van der Waals surface area contributed by atoms with E-state index in [0.717, 1.165) is 12.0 Å². The lowest BCUT2D eigenvalue weighted by Crippen LogP contribution is -2.31. The van der Waals surface area contributed by atoms with Crippen LogP contribution in [-0.4, -0.2) is 17.9 Å². The molecule has 2 amide bonds. The molecule has 0 aliphatic rings. The van der Waals surface area contributed by atoms with E-state index in [4.69, 9.17) is 4.42 Å². The fourth-order valence-corrected chi connectivity index (χ4v) is 2.68. The Balaban J connectivity index is 1.65. The average molecular weight is 378 g/mol. The van der Waals surface area contributed by atoms with Crippen molar-refractivity contribution in [2.24, 2.45) is 0 Å². The summed E-state index contributed by atoms with van der Waals surface area (Å²) in [4.78, 5) is 36.5. The summed E-state index contributed by atoms with van der Waals surface area (Å²) in [5.41, 5.74) is 1.11. The fourth-order valence-electron chi connectivity index (χ4n) is 2.68. The molecule has 0 spiro atoms. The first-order valence-corrected chi connectivity index (χ1v) is 9.19. The highest BCUT2D eigenvalue weighted by molar-refractivity contribution is 5.96. The Bertz CT molecular complexity index is 1050. The third kappa shape index (κ3) is 4.46. The molecule has 0 saturated heterocycles. The van der Waals surface area contributed by atoms with Gasteiger partial charge in [-0.05, 0) is 43.2 Å². The molecule has 6 nitrogen and oxygen atoms in total. The maximum absolute atomic E-state index is 12.4. The highest BCUT2D eigenvalue weighted by Crippen LogP contribution is 2.13. The molecule has 3 aromatic rings. The van der Waals surface area contributed by atoms with Crippen LogP contribution in [0.25, 0.3) is 11.0 Å². The largest absolute Gasteiger partial charge is 0.422 e. The smallest absolute Gasteiger partial charge is 0.349 e. The van der Waals surface area contributed by atoms with Gasteiger partial charge in [-0.25, -0.2) is 4.79 Å². The van der Waals surface area contributed by atoms with E-state index in [1.54, 1.807) is 42.5 Å². The molecule has 0 aliphatic heterocycles. The van der Waals surface area contributed by atoms with E-state index in [0.29, 0.717) is 16.5 Å². The highest BCUT2D eigenvalue weighted by Gasteiger charge is 2.14. The Morgan fingerprint density at radius 1 is 1.04 bits per heavy atom. The van der Waals surface area contributed by atoms with Gasteiger partial charge in [0.2, 0.25) is 0 Å². The number of benzene rings is 2. The second kappa shape index (κ2) is 8.52. The molecule has 28 heavy (non-hydrogen) atoms. The van der Waals surface area contributed by atoms with Crippen molar-refractivity contribution in [3.05, 3.63) is 81.7 Å². The zero-order valence-corrected chi connectivity index (χ0v) is 15.8. The maximum Gasteiger partial charge on any atom is 0.349 e. The SMILES string of the molecule is CC[C@@H](C)NC(=O)c1ccc(CNC(=O)c2cc3ccccc3oc2=O)cc1. The van der Waals surface area contributed by atoms with Gasteiger partial charge in [0.25, 0.3) is 11.8 Å². The van der Waals surface area contributed by atoms with Crippen molar-refractivity contribution in [2.75, 3.05) is 0 Å². The summed E-state index contributed by atoms with van der Waals surface area (Å²) in [5, 5.41) is 6.30. The van der Waals surface area contributed by atoms with Gasteiger partial charge in [-0.15, -0.1) is 0 Å². The molecule has 0 aliphatic carbocycles. The Kier molecular flexibility index (Phi) is 5.89. The highest BCUT2D eigenvalue weighted by atomic mass is 16.4. The first-order valence-electron chi connectivity index (χ1n) is 9.19. The summed E-state index contributed by atoms with van der Waals surface area (Å²) in [6, 6.07) is 15.6. The molecular formula is C22H22N2O4. The normalized spacial score (nSPS) is 11.8. The van der Waals surface area contributed by atoms with Crippen molar-refractivity contribution < 1.29 is 14.0 Å². The molecule has 1 atom stereocenters. The third-order valence-corrected chi connectivity index (χ3v) is 4.55. The fraction of sp³-hybridized carbons (Fsp3) is 0.227. The Hall–Kier alpha value is -3.41. The average Bonchev–Trinajstić information content (AvgIpc) is 2.71. The van der Waals surface area contributed by atoms with Crippen LogP contribution in [-0.2, 0) is 6.54 Å². The first-order chi connectivity index (χ1) is 13.5. The molecule has 0 unspecified atom stereocenters. The molecule has 1 heterocycles. The Morgan fingerprint density at radius 3 is 2.46 bits per heavy atom. The van der Waals surface area contributed by atoms with Gasteiger partial charge < -0.3 is 15.1 Å². The predicted octanol–water partition coefficient (Wildman–Crippen LogP) is 3.25. The summed E-state index contributed by atoms with van der Waals surface area (Å²) in [5.74, 6) is -0.628. The number of para-hydroxylation sites is 1. The summed E-state index contributed by atoms with van der Waals surface area (Å²) in [6.07, 6.45) is 0.860. The monoisotopic (exact) mass is 378 g/mol. The standard InChI is InChI=1S/C22H22N2O4/c1-3-14(2)24-20(25)16-10-8-15(9-11-16)13-23-21(26)18-12-17-6-4-5-7-19(17)28-22(18)27/h4-12,14H,3,13H2,1-2H3,(H,23,26)(H,24,25)/t14-/m1/s1. The van der Waals surface area contributed by atoms with Crippen molar-refractivity contribution in [1.82, 2.24) is 10.6 Å². The topological polar surface area (TPSA) is 88.4 Å². The van der Waals surface area contributed by atoms with Crippen LogP contribution in [0.5, 0.6) is 0 Å². The summed E-state index contributed by atoms with van der Waals surface area (Å²) in [7, 11) is 0. The van der Waals surface area contributed by atoms with E-state index >= 15 is 0 Å². The van der Waals surface area contributed by atoms with Crippen LogP contribution in [0.4, 0.5) is 0 Å². The van der Waals surface area contributed by atoms with E-state index in [2.05, 4.69) is 10.6 Å². The van der Waals surface area contributed by atoms with Gasteiger partial charge in [0, 0.05) is 23.5 Å². The number of carbonyl (C=O) groups is 2. The van der Waals surface area contributed by atoms with Crippen molar-refractivity contribution in [3.63, 3.8) is 0 Å². The summed E-state index contributed by atoms with van der Waals surface area (Å²) >= 11 is 0. The quantitative estimate of drug-likeness (QED) is 0.645. The van der Waals surface area contributed by atoms with E-state index in [1.807, 2.05) is 19.9 Å². The molecule has 144 valence electrons. The molecule has 2 aromatic carbocycles. The first kappa shape index (κ1) is 19.4. The number of amides is 2. The number of hydrogen-bond donors (Lipinski definition) is 2. The summed E-state index contributed by atoms with van der Waals surface area (Å²) in [6.45, 7) is 4.19. The number of carbonyl (C=O) groups excluding carboxylic acids is 2. The molecule has 2 N–H and O–H groups in total. The Labute approximate surface area is 162 Å². The van der Waals surface area contributed by atoms with Crippen molar-refractivity contribution >= 4 is 22.8 Å². The third-order valence-electron chi connectivity index (χ3n) is 4.55. The molecule has 3 rings (SSSR count). The number of nitrogens with one attached hydrogen (secondary N) is 2. The van der Waals surface area contributed by atoms with Crippen LogP contribution >= 0.6 is 0 Å². The lowest BCUT2D eigenvalue weighted by molar-refractivity contribution is 0.0933. The van der Waals surface area contributed by atoms with Crippen LogP contribution in [0.15, 0.2) is 63.8 Å². The maximum atomic E-state index is 12.4. The lowest BCUT2D eigenvalue weighted by atomic mass is 10.1. The van der Waals surface area contributed by atoms with Crippen molar-refractivity contribution in [2.45, 2.75) is 32.9 Å².